The van der Waals surface area contributed by atoms with Crippen molar-refractivity contribution in [1.82, 2.24) is 4.98 Å². The van der Waals surface area contributed by atoms with Gasteiger partial charge in [0.25, 0.3) is 0 Å². The molecule has 1 aromatic carbocycles. The van der Waals surface area contributed by atoms with E-state index in [9.17, 15) is 4.79 Å². The highest BCUT2D eigenvalue weighted by molar-refractivity contribution is 9.10. The number of ether oxygens (including phenoxy) is 1. The highest BCUT2D eigenvalue weighted by atomic mass is 79.9. The van der Waals surface area contributed by atoms with E-state index < -0.39 is 0 Å². The van der Waals surface area contributed by atoms with Crippen molar-refractivity contribution in [3.63, 3.8) is 0 Å². The van der Waals surface area contributed by atoms with Crippen LogP contribution in [0, 0.1) is 0 Å². The van der Waals surface area contributed by atoms with Crippen LogP contribution < -0.4 is 15.8 Å². The third kappa shape index (κ3) is 2.34. The van der Waals surface area contributed by atoms with Crippen LogP contribution in [0.2, 0.25) is 0 Å². The van der Waals surface area contributed by atoms with E-state index >= 15 is 0 Å². The number of nitrogens with zero attached hydrogens (tertiary/aromatic N) is 1. The van der Waals surface area contributed by atoms with Crippen LogP contribution in [-0.2, 0) is 4.79 Å². The molecule has 6 heteroatoms. The van der Waals surface area contributed by atoms with Gasteiger partial charge in [0.15, 0.2) is 0 Å². The lowest BCUT2D eigenvalue weighted by molar-refractivity contribution is -0.117. The van der Waals surface area contributed by atoms with Gasteiger partial charge in [0, 0.05) is 5.56 Å². The summed E-state index contributed by atoms with van der Waals surface area (Å²) >= 11 is 3.33. The molecule has 3 N–H and O–H groups in total. The van der Waals surface area contributed by atoms with Crippen LogP contribution in [0.4, 0.5) is 11.5 Å². The van der Waals surface area contributed by atoms with E-state index in [2.05, 4.69) is 26.2 Å². The molecule has 102 valence electrons. The average Bonchev–Trinajstić information content (AvgIpc) is 2.86. The van der Waals surface area contributed by atoms with Crippen molar-refractivity contribution in [1.29, 1.82) is 0 Å². The Labute approximate surface area is 124 Å². The lowest BCUT2D eigenvalue weighted by atomic mass is 10.0. The molecule has 1 atom stereocenters. The van der Waals surface area contributed by atoms with Crippen molar-refractivity contribution in [3.05, 3.63) is 46.6 Å². The minimum atomic E-state index is -0.322. The van der Waals surface area contributed by atoms with Gasteiger partial charge in [-0.2, -0.15) is 0 Å². The molecule has 0 fully saturated rings. The number of aromatic nitrogens is 1. The Hall–Kier alpha value is -2.08. The highest BCUT2D eigenvalue weighted by Gasteiger charge is 2.30. The van der Waals surface area contributed by atoms with E-state index in [0.29, 0.717) is 22.6 Å². The first-order valence-corrected chi connectivity index (χ1v) is 6.88. The Kier molecular flexibility index (Phi) is 3.31. The lowest BCUT2D eigenvalue weighted by Crippen LogP contribution is -2.23. The Morgan fingerprint density at radius 1 is 1.45 bits per heavy atom. The number of hydrogen-bond acceptors (Lipinski definition) is 4. The molecule has 3 rings (SSSR count). The quantitative estimate of drug-likeness (QED) is 0.885. The van der Waals surface area contributed by atoms with Gasteiger partial charge in [-0.05, 0) is 28.1 Å². The monoisotopic (exact) mass is 333 g/mol. The average molecular weight is 334 g/mol. The second kappa shape index (κ2) is 5.13. The van der Waals surface area contributed by atoms with Crippen molar-refractivity contribution in [3.8, 4) is 5.75 Å². The molecular formula is C14H12BrN3O2. The Bertz CT molecular complexity index is 675. The molecular weight excluding hydrogens is 322 g/mol. The number of carbonyl (C=O) groups is 1. The van der Waals surface area contributed by atoms with Gasteiger partial charge in [-0.1, -0.05) is 18.2 Å². The van der Waals surface area contributed by atoms with Crippen LogP contribution >= 0.6 is 15.9 Å². The molecule has 0 spiro atoms. The molecule has 1 amide bonds. The maximum absolute atomic E-state index is 12.3. The number of nitrogen functional groups attached to an aromatic ring is 1. The molecule has 2 heterocycles. The lowest BCUT2D eigenvalue weighted by Gasteiger charge is -2.11. The van der Waals surface area contributed by atoms with E-state index in [1.807, 2.05) is 24.3 Å². The Morgan fingerprint density at radius 2 is 2.25 bits per heavy atom. The Balaban J connectivity index is 1.81. The van der Waals surface area contributed by atoms with Crippen LogP contribution in [0.25, 0.3) is 0 Å². The third-order valence-electron chi connectivity index (χ3n) is 3.12. The van der Waals surface area contributed by atoms with Crippen LogP contribution in [-0.4, -0.2) is 17.5 Å². The first kappa shape index (κ1) is 12.9. The number of rotatable bonds is 2. The fraction of sp³-hybridized carbons (Fsp3) is 0.143. The van der Waals surface area contributed by atoms with Crippen LogP contribution in [0.3, 0.4) is 0 Å². The second-order valence-electron chi connectivity index (χ2n) is 4.49. The minimum Gasteiger partial charge on any atom is -0.492 e. The number of hydrogen-bond donors (Lipinski definition) is 2. The molecule has 0 aliphatic carbocycles. The van der Waals surface area contributed by atoms with Gasteiger partial charge < -0.3 is 15.8 Å². The zero-order valence-electron chi connectivity index (χ0n) is 10.5. The fourth-order valence-corrected chi connectivity index (χ4v) is 2.59. The minimum absolute atomic E-state index is 0.145. The molecule has 0 bridgehead atoms. The number of nitrogens with two attached hydrogens (primary N) is 1. The van der Waals surface area contributed by atoms with Crippen LogP contribution in [0.1, 0.15) is 11.5 Å². The summed E-state index contributed by atoms with van der Waals surface area (Å²) in [6.07, 6.45) is 1.50. The second-order valence-corrected chi connectivity index (χ2v) is 5.34. The maximum atomic E-state index is 12.3. The third-order valence-corrected chi connectivity index (χ3v) is 3.72. The zero-order chi connectivity index (χ0) is 14.1. The summed E-state index contributed by atoms with van der Waals surface area (Å²) in [6, 6.07) is 9.24. The number of pyridine rings is 1. The predicted molar refractivity (Wildman–Crippen MR) is 79.7 cm³/mol. The summed E-state index contributed by atoms with van der Waals surface area (Å²) in [6.45, 7) is 0.345. The van der Waals surface area contributed by atoms with Gasteiger partial charge in [0.2, 0.25) is 5.91 Å². The maximum Gasteiger partial charge on any atom is 0.236 e. The van der Waals surface area contributed by atoms with E-state index in [-0.39, 0.29) is 11.8 Å². The van der Waals surface area contributed by atoms with E-state index in [4.69, 9.17) is 10.5 Å². The predicted octanol–water partition coefficient (Wildman–Crippen LogP) is 2.54. The number of para-hydroxylation sites is 1. The molecule has 0 saturated carbocycles. The zero-order valence-corrected chi connectivity index (χ0v) is 12.1. The fourth-order valence-electron chi connectivity index (χ4n) is 2.13. The van der Waals surface area contributed by atoms with Crippen molar-refractivity contribution < 1.29 is 9.53 Å². The summed E-state index contributed by atoms with van der Waals surface area (Å²) in [7, 11) is 0. The number of amides is 1. The summed E-state index contributed by atoms with van der Waals surface area (Å²) in [5.74, 6) is 0.746. The summed E-state index contributed by atoms with van der Waals surface area (Å²) in [5.41, 5.74) is 7.05. The number of carbonyl (C=O) groups excluding carboxylic acids is 1. The van der Waals surface area contributed by atoms with Crippen molar-refractivity contribution in [2.45, 2.75) is 5.92 Å². The summed E-state index contributed by atoms with van der Waals surface area (Å²) in [5, 5.41) is 2.79. The van der Waals surface area contributed by atoms with Gasteiger partial charge in [-0.15, -0.1) is 0 Å². The smallest absolute Gasteiger partial charge is 0.236 e. The number of fused-ring (bicyclic) bond motifs is 1. The summed E-state index contributed by atoms with van der Waals surface area (Å²) in [4.78, 5) is 16.4. The van der Waals surface area contributed by atoms with Crippen molar-refractivity contribution in [2.24, 2.45) is 0 Å². The van der Waals surface area contributed by atoms with E-state index in [1.54, 1.807) is 6.07 Å². The first-order valence-electron chi connectivity index (χ1n) is 6.09. The molecule has 2 aromatic rings. The van der Waals surface area contributed by atoms with E-state index in [0.717, 1.165) is 11.3 Å². The van der Waals surface area contributed by atoms with Gasteiger partial charge in [-0.3, -0.25) is 4.79 Å². The normalized spacial score (nSPS) is 16.4. The van der Waals surface area contributed by atoms with E-state index in [1.165, 1.54) is 6.20 Å². The number of benzene rings is 1. The van der Waals surface area contributed by atoms with Gasteiger partial charge >= 0.3 is 0 Å². The highest BCUT2D eigenvalue weighted by Crippen LogP contribution is 2.34. The van der Waals surface area contributed by atoms with Gasteiger partial charge in [0.05, 0.1) is 16.4 Å². The SMILES string of the molecule is Nc1cnc(NC(=O)C2COc3ccccc32)c(Br)c1. The molecule has 1 aliphatic rings. The summed E-state index contributed by atoms with van der Waals surface area (Å²) < 4.78 is 6.16. The van der Waals surface area contributed by atoms with Crippen molar-refractivity contribution in [2.75, 3.05) is 17.7 Å². The molecule has 1 aromatic heterocycles. The van der Waals surface area contributed by atoms with Gasteiger partial charge in [-0.25, -0.2) is 4.98 Å². The molecule has 1 aliphatic heterocycles. The Morgan fingerprint density at radius 3 is 3.05 bits per heavy atom. The number of nitrogens with one attached hydrogen (secondary N) is 1. The standard InChI is InChI=1S/C14H12BrN3O2/c15-11-5-8(16)6-17-13(11)18-14(19)10-7-20-12-4-2-1-3-9(10)12/h1-6,10H,7,16H2,(H,17,18,19). The van der Waals surface area contributed by atoms with Crippen molar-refractivity contribution >= 4 is 33.3 Å². The van der Waals surface area contributed by atoms with Crippen LogP contribution in [0.15, 0.2) is 41.0 Å². The molecule has 0 saturated heterocycles. The first-order chi connectivity index (χ1) is 9.65. The molecule has 5 nitrogen and oxygen atoms in total. The van der Waals surface area contributed by atoms with Crippen LogP contribution in [0.5, 0.6) is 5.75 Å². The molecule has 0 radical (unpaired) electrons. The van der Waals surface area contributed by atoms with Gasteiger partial charge in [0.1, 0.15) is 24.1 Å². The molecule has 1 unspecified atom stereocenters. The largest absolute Gasteiger partial charge is 0.492 e. The number of anilines is 2. The molecule has 20 heavy (non-hydrogen) atoms. The number of halogens is 1. The topological polar surface area (TPSA) is 77.2 Å².